The third-order valence-electron chi connectivity index (χ3n) is 5.36. The van der Waals surface area contributed by atoms with Crippen LogP contribution in [0.1, 0.15) is 15.9 Å². The Morgan fingerprint density at radius 3 is 2.29 bits per heavy atom. The van der Waals surface area contributed by atoms with E-state index in [0.717, 1.165) is 11.3 Å². The fraction of sp³-hybridized carbons (Fsp3) is 0.0385. The number of halogens is 3. The van der Waals surface area contributed by atoms with Gasteiger partial charge in [0, 0.05) is 28.5 Å². The molecule has 0 radical (unpaired) electrons. The number of hydrogen-bond donors (Lipinski definition) is 1. The van der Waals surface area contributed by atoms with E-state index in [-0.39, 0.29) is 28.0 Å². The molecule has 0 saturated heterocycles. The third kappa shape index (κ3) is 4.82. The Labute approximate surface area is 210 Å². The first-order valence-electron chi connectivity index (χ1n) is 10.7. The molecule has 1 amide bonds. The van der Waals surface area contributed by atoms with Crippen LogP contribution < -0.4 is 5.32 Å². The van der Waals surface area contributed by atoms with Crippen molar-refractivity contribution >= 4 is 34.9 Å². The van der Waals surface area contributed by atoms with Gasteiger partial charge in [0.25, 0.3) is 5.91 Å². The molecule has 35 heavy (non-hydrogen) atoms. The van der Waals surface area contributed by atoms with Crippen molar-refractivity contribution < 1.29 is 9.18 Å². The highest BCUT2D eigenvalue weighted by Gasteiger charge is 2.21. The standard InChI is InChI=1S/C26H18Cl2FN5O/c27-21-12-7-13-23(29)19(21)14-33-16-22(28)25(32-33)30-26(35)20-15-34(18-10-5-2-6-11-18)31-24(20)17-8-3-1-4-9-17/h1-13,15-16H,14H2,(H,30,32,35). The number of para-hydroxylation sites is 1. The van der Waals surface area contributed by atoms with Crippen LogP contribution in [-0.2, 0) is 6.54 Å². The summed E-state index contributed by atoms with van der Waals surface area (Å²) in [5.74, 6) is -0.728. The fourth-order valence-electron chi connectivity index (χ4n) is 3.65. The highest BCUT2D eigenvalue weighted by atomic mass is 35.5. The zero-order valence-corrected chi connectivity index (χ0v) is 19.7. The predicted octanol–water partition coefficient (Wildman–Crippen LogP) is 6.48. The van der Waals surface area contributed by atoms with Gasteiger partial charge in [-0.25, -0.2) is 9.07 Å². The molecule has 0 unspecified atom stereocenters. The molecule has 9 heteroatoms. The number of benzene rings is 3. The van der Waals surface area contributed by atoms with Gasteiger partial charge in [0.05, 0.1) is 17.8 Å². The van der Waals surface area contributed by atoms with Crippen molar-refractivity contribution in [1.29, 1.82) is 0 Å². The van der Waals surface area contributed by atoms with E-state index in [1.807, 2.05) is 60.7 Å². The number of aromatic nitrogens is 4. The summed E-state index contributed by atoms with van der Waals surface area (Å²) >= 11 is 12.5. The van der Waals surface area contributed by atoms with E-state index in [0.29, 0.717) is 11.3 Å². The number of carbonyl (C=O) groups is 1. The van der Waals surface area contributed by atoms with Crippen LogP contribution in [0.25, 0.3) is 16.9 Å². The molecular formula is C26H18Cl2FN5O. The van der Waals surface area contributed by atoms with E-state index in [9.17, 15) is 9.18 Å². The molecule has 2 aromatic heterocycles. The number of hydrogen-bond acceptors (Lipinski definition) is 3. The Balaban J connectivity index is 1.46. The van der Waals surface area contributed by atoms with E-state index in [1.165, 1.54) is 23.0 Å². The minimum atomic E-state index is -0.449. The Morgan fingerprint density at radius 2 is 1.57 bits per heavy atom. The van der Waals surface area contributed by atoms with Gasteiger partial charge < -0.3 is 5.32 Å². The summed E-state index contributed by atoms with van der Waals surface area (Å²) in [5, 5.41) is 12.2. The van der Waals surface area contributed by atoms with E-state index >= 15 is 0 Å². The number of nitrogens with zero attached hydrogens (tertiary/aromatic N) is 4. The Morgan fingerprint density at radius 1 is 0.857 bits per heavy atom. The molecule has 6 nitrogen and oxygen atoms in total. The molecule has 0 fully saturated rings. The van der Waals surface area contributed by atoms with Gasteiger partial charge in [0.15, 0.2) is 5.82 Å². The van der Waals surface area contributed by atoms with Crippen LogP contribution in [0.5, 0.6) is 0 Å². The number of anilines is 1. The average molecular weight is 506 g/mol. The zero-order chi connectivity index (χ0) is 24.4. The smallest absolute Gasteiger partial charge is 0.260 e. The van der Waals surface area contributed by atoms with Crippen molar-refractivity contribution in [1.82, 2.24) is 19.6 Å². The largest absolute Gasteiger partial charge is 0.304 e. The molecule has 3 aromatic carbocycles. The second-order valence-corrected chi connectivity index (χ2v) is 8.53. The second-order valence-electron chi connectivity index (χ2n) is 7.72. The number of nitrogens with one attached hydrogen (secondary N) is 1. The van der Waals surface area contributed by atoms with Crippen molar-refractivity contribution in [2.75, 3.05) is 5.32 Å². The van der Waals surface area contributed by atoms with Gasteiger partial charge >= 0.3 is 0 Å². The molecule has 0 aliphatic carbocycles. The van der Waals surface area contributed by atoms with Crippen molar-refractivity contribution in [3.63, 3.8) is 0 Å². The molecule has 5 rings (SSSR count). The molecule has 1 N–H and O–H groups in total. The predicted molar refractivity (Wildman–Crippen MR) is 135 cm³/mol. The van der Waals surface area contributed by atoms with Crippen LogP contribution in [-0.4, -0.2) is 25.5 Å². The van der Waals surface area contributed by atoms with E-state index in [1.54, 1.807) is 16.9 Å². The maximum absolute atomic E-state index is 14.2. The Kier molecular flexibility index (Phi) is 6.35. The molecule has 0 aliphatic heterocycles. The zero-order valence-electron chi connectivity index (χ0n) is 18.2. The lowest BCUT2D eigenvalue weighted by Crippen LogP contribution is -2.13. The van der Waals surface area contributed by atoms with Crippen LogP contribution in [0.3, 0.4) is 0 Å². The van der Waals surface area contributed by atoms with Crippen LogP contribution >= 0.6 is 23.2 Å². The first-order valence-corrected chi connectivity index (χ1v) is 11.4. The van der Waals surface area contributed by atoms with Gasteiger partial charge in [-0.2, -0.15) is 10.2 Å². The van der Waals surface area contributed by atoms with Crippen LogP contribution in [0.2, 0.25) is 10.0 Å². The summed E-state index contributed by atoms with van der Waals surface area (Å²) in [6.45, 7) is 0.0578. The molecule has 5 aromatic rings. The number of carbonyl (C=O) groups excluding carboxylic acids is 1. The molecule has 0 spiro atoms. The quantitative estimate of drug-likeness (QED) is 0.287. The molecule has 0 saturated carbocycles. The Hall–Kier alpha value is -3.94. The highest BCUT2D eigenvalue weighted by Crippen LogP contribution is 2.27. The van der Waals surface area contributed by atoms with Crippen molar-refractivity contribution in [2.24, 2.45) is 0 Å². The normalized spacial score (nSPS) is 10.9. The van der Waals surface area contributed by atoms with Crippen LogP contribution in [0.15, 0.2) is 91.3 Å². The molecule has 2 heterocycles. The van der Waals surface area contributed by atoms with Crippen LogP contribution in [0.4, 0.5) is 10.2 Å². The van der Waals surface area contributed by atoms with Crippen molar-refractivity contribution in [2.45, 2.75) is 6.54 Å². The van der Waals surface area contributed by atoms with Gasteiger partial charge in [-0.05, 0) is 24.3 Å². The molecule has 174 valence electrons. The SMILES string of the molecule is O=C(Nc1nn(Cc2c(F)cccc2Cl)cc1Cl)c1cn(-c2ccccc2)nc1-c1ccccc1. The second kappa shape index (κ2) is 9.74. The molecule has 0 aliphatic rings. The van der Waals surface area contributed by atoms with Crippen molar-refractivity contribution in [3.05, 3.63) is 118 Å². The van der Waals surface area contributed by atoms with E-state index in [2.05, 4.69) is 15.5 Å². The van der Waals surface area contributed by atoms with Gasteiger partial charge in [0.1, 0.15) is 16.5 Å². The summed E-state index contributed by atoms with van der Waals surface area (Å²) in [4.78, 5) is 13.3. The van der Waals surface area contributed by atoms with Crippen LogP contribution in [0, 0.1) is 5.82 Å². The van der Waals surface area contributed by atoms with Gasteiger partial charge in [-0.3, -0.25) is 9.48 Å². The minimum absolute atomic E-state index is 0.0578. The van der Waals surface area contributed by atoms with Gasteiger partial charge in [-0.15, -0.1) is 0 Å². The lowest BCUT2D eigenvalue weighted by Gasteiger charge is -2.06. The number of amides is 1. The first kappa shape index (κ1) is 22.8. The lowest BCUT2D eigenvalue weighted by atomic mass is 10.1. The topological polar surface area (TPSA) is 64.7 Å². The van der Waals surface area contributed by atoms with Crippen molar-refractivity contribution in [3.8, 4) is 16.9 Å². The average Bonchev–Trinajstić information content (AvgIpc) is 3.47. The summed E-state index contributed by atoms with van der Waals surface area (Å²) in [7, 11) is 0. The summed E-state index contributed by atoms with van der Waals surface area (Å²) in [6.07, 6.45) is 3.17. The summed E-state index contributed by atoms with van der Waals surface area (Å²) in [5.41, 5.74) is 2.75. The van der Waals surface area contributed by atoms with E-state index in [4.69, 9.17) is 23.2 Å². The van der Waals surface area contributed by atoms with Gasteiger partial charge in [-0.1, -0.05) is 77.8 Å². The molecular weight excluding hydrogens is 488 g/mol. The monoisotopic (exact) mass is 505 g/mol. The lowest BCUT2D eigenvalue weighted by molar-refractivity contribution is 0.102. The molecule has 0 atom stereocenters. The first-order chi connectivity index (χ1) is 17.0. The fourth-order valence-corrected chi connectivity index (χ4v) is 4.07. The summed E-state index contributed by atoms with van der Waals surface area (Å²) in [6, 6.07) is 23.4. The number of rotatable bonds is 6. The Bertz CT molecular complexity index is 1480. The minimum Gasteiger partial charge on any atom is -0.304 e. The van der Waals surface area contributed by atoms with E-state index < -0.39 is 11.7 Å². The maximum Gasteiger partial charge on any atom is 0.260 e. The van der Waals surface area contributed by atoms with Gasteiger partial charge in [0.2, 0.25) is 0 Å². The maximum atomic E-state index is 14.2. The highest BCUT2D eigenvalue weighted by molar-refractivity contribution is 6.33. The molecule has 0 bridgehead atoms. The third-order valence-corrected chi connectivity index (χ3v) is 5.99. The summed E-state index contributed by atoms with van der Waals surface area (Å²) < 4.78 is 17.3.